The van der Waals surface area contributed by atoms with Crippen molar-refractivity contribution in [2.24, 2.45) is 5.92 Å². The molecule has 0 radical (unpaired) electrons. The molecule has 2 aromatic rings. The van der Waals surface area contributed by atoms with Crippen LogP contribution in [0.5, 0.6) is 11.5 Å². The highest BCUT2D eigenvalue weighted by molar-refractivity contribution is 5.91. The summed E-state index contributed by atoms with van der Waals surface area (Å²) in [6.45, 7) is 9.95. The van der Waals surface area contributed by atoms with E-state index in [1.54, 1.807) is 13.2 Å². The zero-order chi connectivity index (χ0) is 21.5. The van der Waals surface area contributed by atoms with E-state index >= 15 is 0 Å². The van der Waals surface area contributed by atoms with Crippen LogP contribution in [-0.4, -0.2) is 65.6 Å². The lowest BCUT2D eigenvalue weighted by atomic mass is 10.1. The van der Waals surface area contributed by atoms with E-state index in [1.807, 2.05) is 12.1 Å². The predicted molar refractivity (Wildman–Crippen MR) is 114 cm³/mol. The Bertz CT molecular complexity index is 828. The van der Waals surface area contributed by atoms with E-state index in [0.29, 0.717) is 36.3 Å². The zero-order valence-electron chi connectivity index (χ0n) is 18.1. The van der Waals surface area contributed by atoms with Gasteiger partial charge in [0, 0.05) is 39.3 Å². The molecule has 0 aliphatic carbocycles. The van der Waals surface area contributed by atoms with E-state index < -0.39 is 0 Å². The quantitative estimate of drug-likeness (QED) is 0.649. The molecule has 0 bridgehead atoms. The number of carbonyl (C=O) groups is 1. The largest absolute Gasteiger partial charge is 0.504 e. The molecule has 8 heteroatoms. The highest BCUT2D eigenvalue weighted by Gasteiger charge is 2.20. The molecule has 1 aliphatic heterocycles. The number of nitrogens with one attached hydrogen (secondary N) is 1. The van der Waals surface area contributed by atoms with Crippen LogP contribution in [0.4, 0.5) is 0 Å². The molecule has 3 rings (SSSR count). The summed E-state index contributed by atoms with van der Waals surface area (Å²) >= 11 is 0. The second-order valence-electron chi connectivity index (χ2n) is 8.12. The summed E-state index contributed by atoms with van der Waals surface area (Å²) < 4.78 is 10.7. The molecule has 2 heterocycles. The fraction of sp³-hybridized carbons (Fsp3) is 0.545. The van der Waals surface area contributed by atoms with Gasteiger partial charge >= 0.3 is 0 Å². The molecule has 8 nitrogen and oxygen atoms in total. The number of hydrogen-bond acceptors (Lipinski definition) is 7. The number of oxazole rings is 1. The molecule has 0 unspecified atom stereocenters. The Morgan fingerprint density at radius 1 is 1.23 bits per heavy atom. The SMILES string of the molecule is COc1cc(CN2CCN(Cc3nc(C(=O)NCCC(C)C)co3)CC2)ccc1O. The first kappa shape index (κ1) is 22.1. The molecule has 2 N–H and O–H groups in total. The van der Waals surface area contributed by atoms with Crippen LogP contribution in [0.2, 0.25) is 0 Å². The number of nitrogens with zero attached hydrogens (tertiary/aromatic N) is 3. The van der Waals surface area contributed by atoms with Gasteiger partial charge in [0.05, 0.1) is 13.7 Å². The summed E-state index contributed by atoms with van der Waals surface area (Å²) in [6.07, 6.45) is 2.38. The molecule has 1 aliphatic rings. The standard InChI is InChI=1S/C22H32N4O4/c1-16(2)6-7-23-22(28)18-15-30-21(24-18)14-26-10-8-25(9-11-26)13-17-4-5-19(27)20(12-17)29-3/h4-5,12,15-16,27H,6-11,13-14H2,1-3H3,(H,23,28). The van der Waals surface area contributed by atoms with Crippen LogP contribution in [0.3, 0.4) is 0 Å². The van der Waals surface area contributed by atoms with Crippen LogP contribution in [0.25, 0.3) is 0 Å². The number of hydrogen-bond donors (Lipinski definition) is 2. The lowest BCUT2D eigenvalue weighted by Gasteiger charge is -2.34. The first-order valence-electron chi connectivity index (χ1n) is 10.5. The van der Waals surface area contributed by atoms with E-state index in [9.17, 15) is 9.90 Å². The van der Waals surface area contributed by atoms with Crippen molar-refractivity contribution >= 4 is 5.91 Å². The van der Waals surface area contributed by atoms with Crippen molar-refractivity contribution < 1.29 is 19.1 Å². The van der Waals surface area contributed by atoms with E-state index in [-0.39, 0.29) is 11.7 Å². The number of methoxy groups -OCH3 is 1. The van der Waals surface area contributed by atoms with Crippen LogP contribution in [-0.2, 0) is 13.1 Å². The molecule has 0 saturated carbocycles. The van der Waals surface area contributed by atoms with Crippen LogP contribution in [0, 0.1) is 5.92 Å². The third-order valence-electron chi connectivity index (χ3n) is 5.27. The van der Waals surface area contributed by atoms with Gasteiger partial charge in [0.15, 0.2) is 17.2 Å². The molecule has 1 fully saturated rings. The molecule has 0 atom stereocenters. The van der Waals surface area contributed by atoms with E-state index in [2.05, 4.69) is 33.9 Å². The Morgan fingerprint density at radius 3 is 2.60 bits per heavy atom. The monoisotopic (exact) mass is 416 g/mol. The van der Waals surface area contributed by atoms with Crippen molar-refractivity contribution in [3.05, 3.63) is 41.6 Å². The number of benzene rings is 1. The number of amides is 1. The summed E-state index contributed by atoms with van der Waals surface area (Å²) in [7, 11) is 1.56. The normalized spacial score (nSPS) is 15.5. The van der Waals surface area contributed by atoms with Crippen LogP contribution < -0.4 is 10.1 Å². The maximum atomic E-state index is 12.1. The average Bonchev–Trinajstić information content (AvgIpc) is 3.19. The minimum Gasteiger partial charge on any atom is -0.504 e. The number of aromatic nitrogens is 1. The van der Waals surface area contributed by atoms with Crippen LogP contribution >= 0.6 is 0 Å². The molecule has 164 valence electrons. The average molecular weight is 417 g/mol. The summed E-state index contributed by atoms with van der Waals surface area (Å²) in [6, 6.07) is 5.47. The summed E-state index contributed by atoms with van der Waals surface area (Å²) in [4.78, 5) is 21.1. The highest BCUT2D eigenvalue weighted by Crippen LogP contribution is 2.27. The number of piperazine rings is 1. The molecule has 1 aromatic heterocycles. The molecule has 0 spiro atoms. The maximum Gasteiger partial charge on any atom is 0.273 e. The van der Waals surface area contributed by atoms with Gasteiger partial charge in [-0.3, -0.25) is 14.6 Å². The summed E-state index contributed by atoms with van der Waals surface area (Å²) in [5.74, 6) is 1.59. The topological polar surface area (TPSA) is 91.1 Å². The van der Waals surface area contributed by atoms with Gasteiger partial charge in [0.2, 0.25) is 5.89 Å². The number of phenols is 1. The predicted octanol–water partition coefficient (Wildman–Crippen LogP) is 2.48. The second kappa shape index (κ2) is 10.4. The first-order valence-corrected chi connectivity index (χ1v) is 10.5. The molecule has 1 saturated heterocycles. The zero-order valence-corrected chi connectivity index (χ0v) is 18.1. The van der Waals surface area contributed by atoms with Gasteiger partial charge in [-0.05, 0) is 30.0 Å². The van der Waals surface area contributed by atoms with Crippen molar-refractivity contribution in [1.29, 1.82) is 0 Å². The Kier molecular flexibility index (Phi) is 7.70. The molecule has 1 aromatic carbocycles. The fourth-order valence-corrected chi connectivity index (χ4v) is 3.43. The Labute approximate surface area is 177 Å². The number of phenolic OH excluding ortho intramolecular Hbond substituents is 1. The van der Waals surface area contributed by atoms with E-state index in [1.165, 1.54) is 6.26 Å². The van der Waals surface area contributed by atoms with Gasteiger partial charge < -0.3 is 19.6 Å². The van der Waals surface area contributed by atoms with Crippen molar-refractivity contribution in [3.8, 4) is 11.5 Å². The van der Waals surface area contributed by atoms with Gasteiger partial charge in [-0.25, -0.2) is 4.98 Å². The maximum absolute atomic E-state index is 12.1. The Hall–Kier alpha value is -2.58. The summed E-state index contributed by atoms with van der Waals surface area (Å²) in [5, 5.41) is 12.6. The van der Waals surface area contributed by atoms with Gasteiger partial charge in [0.1, 0.15) is 6.26 Å². The van der Waals surface area contributed by atoms with Gasteiger partial charge in [-0.1, -0.05) is 19.9 Å². The molecule has 30 heavy (non-hydrogen) atoms. The van der Waals surface area contributed by atoms with Gasteiger partial charge in [-0.15, -0.1) is 0 Å². The minimum atomic E-state index is -0.181. The van der Waals surface area contributed by atoms with Crippen molar-refractivity contribution in [3.63, 3.8) is 0 Å². The van der Waals surface area contributed by atoms with E-state index in [4.69, 9.17) is 9.15 Å². The third kappa shape index (κ3) is 6.21. The van der Waals surface area contributed by atoms with Crippen LogP contribution in [0.1, 0.15) is 42.2 Å². The van der Waals surface area contributed by atoms with Crippen molar-refractivity contribution in [2.45, 2.75) is 33.4 Å². The van der Waals surface area contributed by atoms with Gasteiger partial charge in [0.25, 0.3) is 5.91 Å². The van der Waals surface area contributed by atoms with Crippen molar-refractivity contribution in [1.82, 2.24) is 20.1 Å². The number of ether oxygens (including phenoxy) is 1. The molecular formula is C22H32N4O4. The van der Waals surface area contributed by atoms with Crippen LogP contribution in [0.15, 0.2) is 28.9 Å². The van der Waals surface area contributed by atoms with Crippen molar-refractivity contribution in [2.75, 3.05) is 39.8 Å². The van der Waals surface area contributed by atoms with Gasteiger partial charge in [-0.2, -0.15) is 0 Å². The Morgan fingerprint density at radius 2 is 1.93 bits per heavy atom. The fourth-order valence-electron chi connectivity index (χ4n) is 3.43. The lowest BCUT2D eigenvalue weighted by Crippen LogP contribution is -2.45. The smallest absolute Gasteiger partial charge is 0.273 e. The molecule has 1 amide bonds. The molecular weight excluding hydrogens is 384 g/mol. The minimum absolute atomic E-state index is 0.157. The third-order valence-corrected chi connectivity index (χ3v) is 5.27. The lowest BCUT2D eigenvalue weighted by molar-refractivity contribution is 0.0946. The number of rotatable bonds is 9. The summed E-state index contributed by atoms with van der Waals surface area (Å²) in [5.41, 5.74) is 1.45. The Balaban J connectivity index is 1.44. The number of aromatic hydroxyl groups is 1. The number of carbonyl (C=O) groups excluding carboxylic acids is 1. The second-order valence-corrected chi connectivity index (χ2v) is 8.12. The highest BCUT2D eigenvalue weighted by atomic mass is 16.5. The van der Waals surface area contributed by atoms with E-state index in [0.717, 1.165) is 44.7 Å². The first-order chi connectivity index (χ1) is 14.4.